The predicted molar refractivity (Wildman–Crippen MR) is 87.2 cm³/mol. The standard InChI is InChI=1S/C17H21N3O3/c1-11-12(2)23-16(18-11)13-5-3-6-14(9-13)19-17(22)20-8-4-7-15(21)10-20/h3,5-6,9,15,21H,4,7-8,10H2,1-2H3,(H,19,22)/t15-/m1/s1. The highest BCUT2D eigenvalue weighted by Gasteiger charge is 2.22. The third-order valence-electron chi connectivity index (χ3n) is 4.07. The average Bonchev–Trinajstić information content (AvgIpc) is 2.87. The zero-order valence-corrected chi connectivity index (χ0v) is 13.4. The van der Waals surface area contributed by atoms with Crippen molar-refractivity contribution in [2.75, 3.05) is 18.4 Å². The highest BCUT2D eigenvalue weighted by atomic mass is 16.4. The lowest BCUT2D eigenvalue weighted by Crippen LogP contribution is -2.44. The van der Waals surface area contributed by atoms with E-state index in [4.69, 9.17) is 4.42 Å². The Morgan fingerprint density at radius 2 is 2.26 bits per heavy atom. The molecule has 0 bridgehead atoms. The van der Waals surface area contributed by atoms with Crippen LogP contribution in [0.4, 0.5) is 10.5 Å². The van der Waals surface area contributed by atoms with E-state index in [0.717, 1.165) is 29.9 Å². The number of aliphatic hydroxyl groups excluding tert-OH is 1. The predicted octanol–water partition coefficient (Wildman–Crippen LogP) is 2.95. The molecule has 1 aromatic heterocycles. The molecule has 122 valence electrons. The fourth-order valence-corrected chi connectivity index (χ4v) is 2.67. The summed E-state index contributed by atoms with van der Waals surface area (Å²) in [5.74, 6) is 1.33. The summed E-state index contributed by atoms with van der Waals surface area (Å²) >= 11 is 0. The monoisotopic (exact) mass is 315 g/mol. The molecule has 0 unspecified atom stereocenters. The van der Waals surface area contributed by atoms with E-state index in [1.807, 2.05) is 38.1 Å². The van der Waals surface area contributed by atoms with Crippen molar-refractivity contribution in [3.05, 3.63) is 35.7 Å². The lowest BCUT2D eigenvalue weighted by Gasteiger charge is -2.30. The second-order valence-corrected chi connectivity index (χ2v) is 5.91. The molecule has 1 atom stereocenters. The second kappa shape index (κ2) is 6.42. The molecule has 1 saturated heterocycles. The second-order valence-electron chi connectivity index (χ2n) is 5.91. The molecule has 0 radical (unpaired) electrons. The number of β-amino-alcohol motifs (C(OH)–C–C–N with tert-alkyl or cyclic N) is 1. The van der Waals surface area contributed by atoms with Crippen LogP contribution in [0.3, 0.4) is 0 Å². The van der Waals surface area contributed by atoms with Crippen LogP contribution in [-0.2, 0) is 0 Å². The normalized spacial score (nSPS) is 18.0. The van der Waals surface area contributed by atoms with Gasteiger partial charge in [-0.25, -0.2) is 9.78 Å². The quantitative estimate of drug-likeness (QED) is 0.893. The van der Waals surface area contributed by atoms with Crippen molar-refractivity contribution >= 4 is 11.7 Å². The summed E-state index contributed by atoms with van der Waals surface area (Å²) < 4.78 is 5.62. The first-order chi connectivity index (χ1) is 11.0. The molecule has 6 heteroatoms. The third-order valence-corrected chi connectivity index (χ3v) is 4.07. The summed E-state index contributed by atoms with van der Waals surface area (Å²) in [7, 11) is 0. The van der Waals surface area contributed by atoms with Crippen molar-refractivity contribution in [2.24, 2.45) is 0 Å². The number of hydrogen-bond acceptors (Lipinski definition) is 4. The van der Waals surface area contributed by atoms with Gasteiger partial charge < -0.3 is 19.7 Å². The van der Waals surface area contributed by atoms with E-state index in [-0.39, 0.29) is 6.03 Å². The van der Waals surface area contributed by atoms with Crippen LogP contribution in [0.1, 0.15) is 24.3 Å². The summed E-state index contributed by atoms with van der Waals surface area (Å²) in [5.41, 5.74) is 2.36. The maximum atomic E-state index is 12.3. The molecule has 1 fully saturated rings. The van der Waals surface area contributed by atoms with E-state index in [1.165, 1.54) is 0 Å². The summed E-state index contributed by atoms with van der Waals surface area (Å²) in [4.78, 5) is 18.3. The Bertz CT molecular complexity index is 691. The van der Waals surface area contributed by atoms with E-state index >= 15 is 0 Å². The summed E-state index contributed by atoms with van der Waals surface area (Å²) in [5, 5.41) is 12.5. The first kappa shape index (κ1) is 15.6. The zero-order chi connectivity index (χ0) is 16.4. The number of aryl methyl sites for hydroxylation is 2. The maximum absolute atomic E-state index is 12.3. The molecule has 2 aromatic rings. The minimum Gasteiger partial charge on any atom is -0.441 e. The summed E-state index contributed by atoms with van der Waals surface area (Å²) in [6.45, 7) is 4.82. The Morgan fingerprint density at radius 1 is 1.43 bits per heavy atom. The fourth-order valence-electron chi connectivity index (χ4n) is 2.67. The number of nitrogens with zero attached hydrogens (tertiary/aromatic N) is 2. The number of amides is 2. The Labute approximate surface area is 135 Å². The number of aliphatic hydroxyl groups is 1. The summed E-state index contributed by atoms with van der Waals surface area (Å²) in [6, 6.07) is 7.21. The van der Waals surface area contributed by atoms with E-state index in [0.29, 0.717) is 24.7 Å². The number of carbonyl (C=O) groups excluding carboxylic acids is 1. The van der Waals surface area contributed by atoms with Gasteiger partial charge in [0.2, 0.25) is 5.89 Å². The van der Waals surface area contributed by atoms with Crippen LogP contribution in [-0.4, -0.2) is 40.2 Å². The average molecular weight is 315 g/mol. The minimum absolute atomic E-state index is 0.194. The van der Waals surface area contributed by atoms with Crippen LogP contribution in [0.5, 0.6) is 0 Å². The molecule has 2 heterocycles. The van der Waals surface area contributed by atoms with Crippen LogP contribution in [0, 0.1) is 13.8 Å². The van der Waals surface area contributed by atoms with E-state index in [9.17, 15) is 9.90 Å². The number of benzene rings is 1. The molecular formula is C17H21N3O3. The van der Waals surface area contributed by atoms with Gasteiger partial charge in [-0.15, -0.1) is 0 Å². The maximum Gasteiger partial charge on any atom is 0.321 e. The number of carbonyl (C=O) groups is 1. The Balaban J connectivity index is 1.73. The van der Waals surface area contributed by atoms with Crippen molar-refractivity contribution < 1.29 is 14.3 Å². The number of likely N-dealkylation sites (tertiary alicyclic amines) is 1. The van der Waals surface area contributed by atoms with Crippen molar-refractivity contribution in [3.8, 4) is 11.5 Å². The fraction of sp³-hybridized carbons (Fsp3) is 0.412. The van der Waals surface area contributed by atoms with Crippen molar-refractivity contribution in [1.82, 2.24) is 9.88 Å². The highest BCUT2D eigenvalue weighted by molar-refractivity contribution is 5.90. The first-order valence-corrected chi connectivity index (χ1v) is 7.81. The van der Waals surface area contributed by atoms with Gasteiger partial charge in [0.05, 0.1) is 11.8 Å². The molecule has 0 spiro atoms. The number of piperidine rings is 1. The highest BCUT2D eigenvalue weighted by Crippen LogP contribution is 2.24. The largest absolute Gasteiger partial charge is 0.441 e. The zero-order valence-electron chi connectivity index (χ0n) is 13.4. The molecule has 1 aromatic carbocycles. The first-order valence-electron chi connectivity index (χ1n) is 7.81. The minimum atomic E-state index is -0.431. The lowest BCUT2D eigenvalue weighted by atomic mass is 10.1. The molecule has 2 N–H and O–H groups in total. The molecule has 6 nitrogen and oxygen atoms in total. The molecule has 0 aliphatic carbocycles. The van der Waals surface area contributed by atoms with Crippen LogP contribution < -0.4 is 5.32 Å². The molecule has 23 heavy (non-hydrogen) atoms. The summed E-state index contributed by atoms with van der Waals surface area (Å²) in [6.07, 6.45) is 1.14. The number of aromatic nitrogens is 1. The molecular weight excluding hydrogens is 294 g/mol. The Hall–Kier alpha value is -2.34. The lowest BCUT2D eigenvalue weighted by molar-refractivity contribution is 0.0883. The van der Waals surface area contributed by atoms with Crippen molar-refractivity contribution in [1.29, 1.82) is 0 Å². The smallest absolute Gasteiger partial charge is 0.321 e. The number of oxazole rings is 1. The van der Waals surface area contributed by atoms with E-state index < -0.39 is 6.10 Å². The molecule has 2 amide bonds. The SMILES string of the molecule is Cc1nc(-c2cccc(NC(=O)N3CCC[C@@H](O)C3)c2)oc1C. The van der Waals surface area contributed by atoms with Gasteiger partial charge in [-0.3, -0.25) is 0 Å². The molecule has 1 aliphatic heterocycles. The topological polar surface area (TPSA) is 78.6 Å². The number of rotatable bonds is 2. The molecule has 0 saturated carbocycles. The van der Waals surface area contributed by atoms with Crippen molar-refractivity contribution in [2.45, 2.75) is 32.8 Å². The van der Waals surface area contributed by atoms with Crippen LogP contribution in [0.25, 0.3) is 11.5 Å². The van der Waals surface area contributed by atoms with Gasteiger partial charge in [0.25, 0.3) is 0 Å². The van der Waals surface area contributed by atoms with Gasteiger partial charge in [0, 0.05) is 24.3 Å². The number of hydrogen-bond donors (Lipinski definition) is 2. The van der Waals surface area contributed by atoms with Gasteiger partial charge in [0.1, 0.15) is 5.76 Å². The number of urea groups is 1. The van der Waals surface area contributed by atoms with Crippen LogP contribution in [0.15, 0.2) is 28.7 Å². The molecule has 1 aliphatic rings. The van der Waals surface area contributed by atoms with E-state index in [1.54, 1.807) is 4.90 Å². The Morgan fingerprint density at radius 3 is 2.96 bits per heavy atom. The van der Waals surface area contributed by atoms with Gasteiger partial charge in [0.15, 0.2) is 0 Å². The Kier molecular flexibility index (Phi) is 4.34. The molecule has 3 rings (SSSR count). The number of anilines is 1. The van der Waals surface area contributed by atoms with Crippen LogP contribution in [0.2, 0.25) is 0 Å². The number of nitrogens with one attached hydrogen (secondary N) is 1. The van der Waals surface area contributed by atoms with Gasteiger partial charge in [-0.1, -0.05) is 6.07 Å². The van der Waals surface area contributed by atoms with Gasteiger partial charge >= 0.3 is 6.03 Å². The third kappa shape index (κ3) is 3.53. The van der Waals surface area contributed by atoms with Crippen LogP contribution >= 0.6 is 0 Å². The van der Waals surface area contributed by atoms with E-state index in [2.05, 4.69) is 10.3 Å². The van der Waals surface area contributed by atoms with Gasteiger partial charge in [-0.05, 0) is 44.9 Å². The van der Waals surface area contributed by atoms with Crippen molar-refractivity contribution in [3.63, 3.8) is 0 Å². The van der Waals surface area contributed by atoms with Gasteiger partial charge in [-0.2, -0.15) is 0 Å².